The van der Waals surface area contributed by atoms with E-state index in [-0.39, 0.29) is 0 Å². The SMILES string of the molecule is CC(C)(O)[C@@H]1C[C@H]2C=C[C@@H]1C2. The lowest BCUT2D eigenvalue weighted by Crippen LogP contribution is -2.33. The zero-order chi connectivity index (χ0) is 8.06. The quantitative estimate of drug-likeness (QED) is 0.569. The molecular formula is C10H16O. The van der Waals surface area contributed by atoms with Crippen LogP contribution in [0.5, 0.6) is 0 Å². The second-order valence-corrected chi connectivity index (χ2v) is 4.54. The molecule has 1 nitrogen and oxygen atoms in total. The topological polar surface area (TPSA) is 20.2 Å². The van der Waals surface area contributed by atoms with Crippen molar-refractivity contribution in [3.8, 4) is 0 Å². The minimum atomic E-state index is -0.468. The van der Waals surface area contributed by atoms with Gasteiger partial charge in [0.15, 0.2) is 0 Å². The average molecular weight is 152 g/mol. The molecule has 2 aliphatic rings. The highest BCUT2D eigenvalue weighted by molar-refractivity contribution is 5.12. The zero-order valence-electron chi connectivity index (χ0n) is 7.25. The van der Waals surface area contributed by atoms with Crippen molar-refractivity contribution >= 4 is 0 Å². The van der Waals surface area contributed by atoms with Gasteiger partial charge in [-0.05, 0) is 44.4 Å². The third kappa shape index (κ3) is 1.12. The van der Waals surface area contributed by atoms with Gasteiger partial charge in [-0.15, -0.1) is 0 Å². The van der Waals surface area contributed by atoms with Crippen LogP contribution in [0.3, 0.4) is 0 Å². The maximum absolute atomic E-state index is 9.81. The van der Waals surface area contributed by atoms with Crippen LogP contribution in [-0.4, -0.2) is 10.7 Å². The Hall–Kier alpha value is -0.300. The molecule has 1 fully saturated rings. The van der Waals surface area contributed by atoms with Gasteiger partial charge in [0.05, 0.1) is 5.60 Å². The van der Waals surface area contributed by atoms with Crippen molar-refractivity contribution in [3.05, 3.63) is 12.2 Å². The van der Waals surface area contributed by atoms with Gasteiger partial charge in [0.2, 0.25) is 0 Å². The van der Waals surface area contributed by atoms with Crippen molar-refractivity contribution < 1.29 is 5.11 Å². The number of hydrogen-bond donors (Lipinski definition) is 1. The first-order valence-corrected chi connectivity index (χ1v) is 4.48. The fraction of sp³-hybridized carbons (Fsp3) is 0.800. The molecule has 0 spiro atoms. The van der Waals surface area contributed by atoms with Gasteiger partial charge in [0, 0.05) is 0 Å². The van der Waals surface area contributed by atoms with Gasteiger partial charge in [-0.2, -0.15) is 0 Å². The first kappa shape index (κ1) is 7.35. The summed E-state index contributed by atoms with van der Waals surface area (Å²) in [5.41, 5.74) is -0.468. The Balaban J connectivity index is 2.15. The number of fused-ring (bicyclic) bond motifs is 2. The molecule has 11 heavy (non-hydrogen) atoms. The Morgan fingerprint density at radius 2 is 2.00 bits per heavy atom. The van der Waals surface area contributed by atoms with Gasteiger partial charge >= 0.3 is 0 Å². The van der Waals surface area contributed by atoms with E-state index in [0.29, 0.717) is 11.8 Å². The molecule has 2 aliphatic carbocycles. The molecule has 0 heterocycles. The van der Waals surface area contributed by atoms with Crippen LogP contribution in [0, 0.1) is 17.8 Å². The zero-order valence-corrected chi connectivity index (χ0v) is 7.25. The van der Waals surface area contributed by atoms with E-state index < -0.39 is 5.60 Å². The number of allylic oxidation sites excluding steroid dienone is 2. The summed E-state index contributed by atoms with van der Waals surface area (Å²) in [6.45, 7) is 3.87. The minimum absolute atomic E-state index is 0.468. The van der Waals surface area contributed by atoms with E-state index in [1.54, 1.807) is 0 Å². The Labute approximate surface area is 68.1 Å². The molecule has 1 saturated carbocycles. The van der Waals surface area contributed by atoms with Gasteiger partial charge in [-0.1, -0.05) is 12.2 Å². The maximum atomic E-state index is 9.81. The van der Waals surface area contributed by atoms with Crippen LogP contribution < -0.4 is 0 Å². The van der Waals surface area contributed by atoms with Crippen LogP contribution in [0.2, 0.25) is 0 Å². The molecule has 0 aliphatic heterocycles. The Morgan fingerprint density at radius 3 is 2.27 bits per heavy atom. The third-order valence-electron chi connectivity index (χ3n) is 3.19. The molecule has 1 heteroatoms. The van der Waals surface area contributed by atoms with E-state index in [2.05, 4.69) is 12.2 Å². The fourth-order valence-electron chi connectivity index (χ4n) is 2.59. The average Bonchev–Trinajstić information content (AvgIpc) is 2.42. The first-order chi connectivity index (χ1) is 5.07. The lowest BCUT2D eigenvalue weighted by atomic mass is 9.81. The molecule has 1 N–H and O–H groups in total. The molecule has 2 rings (SSSR count). The van der Waals surface area contributed by atoms with Gasteiger partial charge < -0.3 is 5.11 Å². The Morgan fingerprint density at radius 1 is 1.27 bits per heavy atom. The summed E-state index contributed by atoms with van der Waals surface area (Å²) in [7, 11) is 0. The molecule has 0 aromatic heterocycles. The summed E-state index contributed by atoms with van der Waals surface area (Å²) in [5, 5.41) is 9.81. The lowest BCUT2D eigenvalue weighted by molar-refractivity contribution is 0.00587. The smallest absolute Gasteiger partial charge is 0.0625 e. The molecule has 2 bridgehead atoms. The van der Waals surface area contributed by atoms with Crippen LogP contribution in [-0.2, 0) is 0 Å². The van der Waals surface area contributed by atoms with Crippen molar-refractivity contribution in [2.75, 3.05) is 0 Å². The standard InChI is InChI=1S/C10H16O/c1-10(2,11)9-6-7-3-4-8(9)5-7/h3-4,7-9,11H,5-6H2,1-2H3/t7-,8+,9+/m0/s1. The van der Waals surface area contributed by atoms with Crippen LogP contribution >= 0.6 is 0 Å². The molecule has 0 unspecified atom stereocenters. The molecule has 0 aromatic rings. The number of aliphatic hydroxyl groups is 1. The van der Waals surface area contributed by atoms with Crippen molar-refractivity contribution in [2.24, 2.45) is 17.8 Å². The van der Waals surface area contributed by atoms with Crippen molar-refractivity contribution in [1.82, 2.24) is 0 Å². The predicted octanol–water partition coefficient (Wildman–Crippen LogP) is 1.97. The molecular weight excluding hydrogens is 136 g/mol. The molecule has 0 aromatic carbocycles. The highest BCUT2D eigenvalue weighted by atomic mass is 16.3. The van der Waals surface area contributed by atoms with Crippen molar-refractivity contribution in [1.29, 1.82) is 0 Å². The molecule has 0 saturated heterocycles. The second-order valence-electron chi connectivity index (χ2n) is 4.54. The fourth-order valence-corrected chi connectivity index (χ4v) is 2.59. The van der Waals surface area contributed by atoms with Crippen molar-refractivity contribution in [2.45, 2.75) is 32.3 Å². The van der Waals surface area contributed by atoms with Crippen LogP contribution in [0.25, 0.3) is 0 Å². The van der Waals surface area contributed by atoms with Gasteiger partial charge in [0.25, 0.3) is 0 Å². The van der Waals surface area contributed by atoms with E-state index in [1.165, 1.54) is 12.8 Å². The normalized spacial score (nSPS) is 41.9. The molecule has 0 amide bonds. The van der Waals surface area contributed by atoms with Crippen LogP contribution in [0.4, 0.5) is 0 Å². The molecule has 3 atom stereocenters. The summed E-state index contributed by atoms with van der Waals surface area (Å²) in [6.07, 6.45) is 7.09. The van der Waals surface area contributed by atoms with E-state index in [4.69, 9.17) is 0 Å². The van der Waals surface area contributed by atoms with E-state index in [0.717, 1.165) is 5.92 Å². The van der Waals surface area contributed by atoms with Crippen LogP contribution in [0.15, 0.2) is 12.2 Å². The molecule has 62 valence electrons. The van der Waals surface area contributed by atoms with Crippen molar-refractivity contribution in [3.63, 3.8) is 0 Å². The maximum Gasteiger partial charge on any atom is 0.0625 e. The monoisotopic (exact) mass is 152 g/mol. The van der Waals surface area contributed by atoms with E-state index >= 15 is 0 Å². The van der Waals surface area contributed by atoms with Gasteiger partial charge in [-0.25, -0.2) is 0 Å². The number of rotatable bonds is 1. The van der Waals surface area contributed by atoms with Crippen LogP contribution in [0.1, 0.15) is 26.7 Å². The Kier molecular flexibility index (Phi) is 1.40. The predicted molar refractivity (Wildman–Crippen MR) is 45.1 cm³/mol. The Bertz CT molecular complexity index is 188. The summed E-state index contributed by atoms with van der Waals surface area (Å²) in [4.78, 5) is 0. The highest BCUT2D eigenvalue weighted by Crippen LogP contribution is 2.47. The lowest BCUT2D eigenvalue weighted by Gasteiger charge is -2.30. The first-order valence-electron chi connectivity index (χ1n) is 4.48. The van der Waals surface area contributed by atoms with Gasteiger partial charge in [-0.3, -0.25) is 0 Å². The molecule has 0 radical (unpaired) electrons. The second kappa shape index (κ2) is 2.10. The minimum Gasteiger partial charge on any atom is -0.390 e. The largest absolute Gasteiger partial charge is 0.390 e. The van der Waals surface area contributed by atoms with E-state index in [9.17, 15) is 5.11 Å². The summed E-state index contributed by atoms with van der Waals surface area (Å²) >= 11 is 0. The van der Waals surface area contributed by atoms with Gasteiger partial charge in [0.1, 0.15) is 0 Å². The van der Waals surface area contributed by atoms with E-state index in [1.807, 2.05) is 13.8 Å². The summed E-state index contributed by atoms with van der Waals surface area (Å²) in [6, 6.07) is 0. The third-order valence-corrected chi connectivity index (χ3v) is 3.19. The summed E-state index contributed by atoms with van der Waals surface area (Å²) < 4.78 is 0. The summed E-state index contributed by atoms with van der Waals surface area (Å²) in [5.74, 6) is 1.95. The number of hydrogen-bond acceptors (Lipinski definition) is 1. The highest BCUT2D eigenvalue weighted by Gasteiger charge is 2.42.